The number of piperazine rings is 1. The van der Waals surface area contributed by atoms with Gasteiger partial charge in [0.1, 0.15) is 0 Å². The van der Waals surface area contributed by atoms with E-state index in [0.29, 0.717) is 18.7 Å². The average Bonchev–Trinajstić information content (AvgIpc) is 2.71. The third-order valence-corrected chi connectivity index (χ3v) is 5.92. The first kappa shape index (κ1) is 21.6. The maximum Gasteiger partial charge on any atom is 0.337 e. The number of esters is 1. The van der Waals surface area contributed by atoms with Crippen molar-refractivity contribution in [3.8, 4) is 0 Å². The quantitative estimate of drug-likeness (QED) is 0.717. The SMILES string of the molecule is COC(=O)c1ccc(N2CCN(C(C)C(=O)N3CC(C)OC(C)C3)C(C)C2)cc1. The number of hydrogen-bond acceptors (Lipinski definition) is 6. The predicted molar refractivity (Wildman–Crippen MR) is 112 cm³/mol. The average molecular weight is 404 g/mol. The lowest BCUT2D eigenvalue weighted by Gasteiger charge is -2.45. The van der Waals surface area contributed by atoms with Crippen LogP contribution >= 0.6 is 0 Å². The van der Waals surface area contributed by atoms with Crippen molar-refractivity contribution in [2.24, 2.45) is 0 Å². The van der Waals surface area contributed by atoms with Gasteiger partial charge in [-0.15, -0.1) is 0 Å². The molecule has 1 aromatic rings. The summed E-state index contributed by atoms with van der Waals surface area (Å²) in [5, 5.41) is 0. The summed E-state index contributed by atoms with van der Waals surface area (Å²) in [6, 6.07) is 7.61. The van der Waals surface area contributed by atoms with Gasteiger partial charge in [-0.2, -0.15) is 0 Å². The summed E-state index contributed by atoms with van der Waals surface area (Å²) in [6.45, 7) is 12.1. The van der Waals surface area contributed by atoms with Crippen molar-refractivity contribution < 1.29 is 19.1 Å². The third kappa shape index (κ3) is 4.90. The Bertz CT molecular complexity index is 713. The molecule has 4 unspecified atom stereocenters. The minimum absolute atomic E-state index is 0.0807. The van der Waals surface area contributed by atoms with Crippen LogP contribution in [0.1, 0.15) is 38.1 Å². The molecule has 4 atom stereocenters. The highest BCUT2D eigenvalue weighted by atomic mass is 16.5. The van der Waals surface area contributed by atoms with Gasteiger partial charge in [0.25, 0.3) is 0 Å². The van der Waals surface area contributed by atoms with Crippen LogP contribution in [0.15, 0.2) is 24.3 Å². The van der Waals surface area contributed by atoms with Gasteiger partial charge >= 0.3 is 5.97 Å². The fraction of sp³-hybridized carbons (Fsp3) is 0.636. The van der Waals surface area contributed by atoms with E-state index in [9.17, 15) is 9.59 Å². The molecule has 2 aliphatic heterocycles. The molecule has 0 radical (unpaired) electrons. The fourth-order valence-electron chi connectivity index (χ4n) is 4.47. The van der Waals surface area contributed by atoms with Crippen molar-refractivity contribution in [3.05, 3.63) is 29.8 Å². The van der Waals surface area contributed by atoms with Crippen LogP contribution in [0.4, 0.5) is 5.69 Å². The monoisotopic (exact) mass is 403 g/mol. The first-order valence-corrected chi connectivity index (χ1v) is 10.4. The molecule has 2 saturated heterocycles. The van der Waals surface area contributed by atoms with E-state index in [4.69, 9.17) is 9.47 Å². The Labute approximate surface area is 173 Å². The Kier molecular flexibility index (Phi) is 6.80. The van der Waals surface area contributed by atoms with E-state index in [-0.39, 0.29) is 36.2 Å². The molecule has 2 heterocycles. The molecule has 1 amide bonds. The zero-order valence-electron chi connectivity index (χ0n) is 18.1. The third-order valence-electron chi connectivity index (χ3n) is 5.92. The Hall–Kier alpha value is -2.12. The Morgan fingerprint density at radius 2 is 1.66 bits per heavy atom. The van der Waals surface area contributed by atoms with Gasteiger partial charge < -0.3 is 19.3 Å². The van der Waals surface area contributed by atoms with Gasteiger partial charge in [0.05, 0.1) is 30.9 Å². The molecule has 29 heavy (non-hydrogen) atoms. The Morgan fingerprint density at radius 3 is 2.21 bits per heavy atom. The molecule has 3 rings (SSSR count). The van der Waals surface area contributed by atoms with E-state index in [0.717, 1.165) is 25.3 Å². The lowest BCUT2D eigenvalue weighted by molar-refractivity contribution is -0.149. The molecule has 2 aliphatic rings. The van der Waals surface area contributed by atoms with Crippen LogP contribution in [0.2, 0.25) is 0 Å². The van der Waals surface area contributed by atoms with E-state index in [1.165, 1.54) is 7.11 Å². The number of rotatable bonds is 4. The van der Waals surface area contributed by atoms with E-state index in [2.05, 4.69) is 16.7 Å². The molecule has 2 fully saturated rings. The van der Waals surface area contributed by atoms with Gasteiger partial charge in [-0.3, -0.25) is 9.69 Å². The number of ether oxygens (including phenoxy) is 2. The molecular formula is C22H33N3O4. The first-order valence-electron chi connectivity index (χ1n) is 10.4. The number of carbonyl (C=O) groups is 2. The summed E-state index contributed by atoms with van der Waals surface area (Å²) in [5.74, 6) is -0.136. The smallest absolute Gasteiger partial charge is 0.337 e. The van der Waals surface area contributed by atoms with Crippen LogP contribution in [0.3, 0.4) is 0 Å². The first-order chi connectivity index (χ1) is 13.8. The molecule has 160 valence electrons. The number of morpholine rings is 1. The Morgan fingerprint density at radius 1 is 1.03 bits per heavy atom. The highest BCUT2D eigenvalue weighted by Gasteiger charge is 2.35. The number of carbonyl (C=O) groups excluding carboxylic acids is 2. The number of nitrogens with zero attached hydrogens (tertiary/aromatic N) is 3. The molecule has 0 N–H and O–H groups in total. The van der Waals surface area contributed by atoms with E-state index < -0.39 is 0 Å². The molecule has 7 nitrogen and oxygen atoms in total. The number of amides is 1. The van der Waals surface area contributed by atoms with Gasteiger partial charge in [0.15, 0.2) is 0 Å². The maximum absolute atomic E-state index is 13.1. The molecule has 0 saturated carbocycles. The normalized spacial score (nSPS) is 26.9. The summed E-state index contributed by atoms with van der Waals surface area (Å²) in [6.07, 6.45) is 0.161. The van der Waals surface area contributed by atoms with Crippen molar-refractivity contribution in [1.29, 1.82) is 0 Å². The van der Waals surface area contributed by atoms with Crippen molar-refractivity contribution >= 4 is 17.6 Å². The zero-order chi connectivity index (χ0) is 21.1. The largest absolute Gasteiger partial charge is 0.465 e. The number of methoxy groups -OCH3 is 1. The van der Waals surface area contributed by atoms with Crippen molar-refractivity contribution in [2.75, 3.05) is 44.7 Å². The molecule has 0 bridgehead atoms. The van der Waals surface area contributed by atoms with Crippen molar-refractivity contribution in [2.45, 2.75) is 52.0 Å². The standard InChI is InChI=1S/C22H33N3O4/c1-15-12-23(20-8-6-19(7-9-20)22(27)28-5)10-11-25(15)18(4)21(26)24-13-16(2)29-17(3)14-24/h6-9,15-18H,10-14H2,1-5H3. The van der Waals surface area contributed by atoms with Crippen LogP contribution < -0.4 is 4.90 Å². The second-order valence-corrected chi connectivity index (χ2v) is 8.25. The van der Waals surface area contributed by atoms with Gasteiger partial charge in [0.2, 0.25) is 5.91 Å². The van der Waals surface area contributed by atoms with Gasteiger partial charge in [-0.1, -0.05) is 0 Å². The van der Waals surface area contributed by atoms with Crippen LogP contribution in [-0.2, 0) is 14.3 Å². The summed E-state index contributed by atoms with van der Waals surface area (Å²) >= 11 is 0. The molecule has 0 aliphatic carbocycles. The van der Waals surface area contributed by atoms with E-state index in [1.807, 2.05) is 37.8 Å². The number of hydrogen-bond donors (Lipinski definition) is 0. The van der Waals surface area contributed by atoms with Gasteiger partial charge in [0, 0.05) is 44.5 Å². The van der Waals surface area contributed by atoms with Crippen LogP contribution in [0.25, 0.3) is 0 Å². The lowest BCUT2D eigenvalue weighted by atomic mass is 10.1. The highest BCUT2D eigenvalue weighted by molar-refractivity contribution is 5.89. The summed E-state index contributed by atoms with van der Waals surface area (Å²) < 4.78 is 10.5. The summed E-state index contributed by atoms with van der Waals surface area (Å²) in [7, 11) is 1.39. The maximum atomic E-state index is 13.1. The summed E-state index contributed by atoms with van der Waals surface area (Å²) in [5.41, 5.74) is 1.63. The molecule has 0 spiro atoms. The molecule has 1 aromatic carbocycles. The molecular weight excluding hydrogens is 370 g/mol. The minimum Gasteiger partial charge on any atom is -0.465 e. The van der Waals surface area contributed by atoms with Crippen LogP contribution in [0.5, 0.6) is 0 Å². The second-order valence-electron chi connectivity index (χ2n) is 8.25. The van der Waals surface area contributed by atoms with Crippen molar-refractivity contribution in [3.63, 3.8) is 0 Å². The van der Waals surface area contributed by atoms with E-state index >= 15 is 0 Å². The summed E-state index contributed by atoms with van der Waals surface area (Å²) in [4.78, 5) is 31.3. The second kappa shape index (κ2) is 9.13. The molecule has 7 heteroatoms. The molecule has 0 aromatic heterocycles. The topological polar surface area (TPSA) is 62.3 Å². The predicted octanol–water partition coefficient (Wildman–Crippen LogP) is 2.01. The van der Waals surface area contributed by atoms with Gasteiger partial charge in [-0.25, -0.2) is 4.79 Å². The highest BCUT2D eigenvalue weighted by Crippen LogP contribution is 2.23. The zero-order valence-corrected chi connectivity index (χ0v) is 18.1. The fourth-order valence-corrected chi connectivity index (χ4v) is 4.47. The van der Waals surface area contributed by atoms with Crippen LogP contribution in [0, 0.1) is 0 Å². The number of anilines is 1. The van der Waals surface area contributed by atoms with Gasteiger partial charge in [-0.05, 0) is 52.0 Å². The van der Waals surface area contributed by atoms with Crippen molar-refractivity contribution in [1.82, 2.24) is 9.80 Å². The van der Waals surface area contributed by atoms with Crippen LogP contribution in [-0.4, -0.2) is 85.8 Å². The lowest BCUT2D eigenvalue weighted by Crippen LogP contribution is -2.60. The number of benzene rings is 1. The minimum atomic E-state index is -0.325. The Balaban J connectivity index is 1.60. The van der Waals surface area contributed by atoms with E-state index in [1.54, 1.807) is 12.1 Å².